The molecule has 102 valence electrons. The molecule has 2 heterocycles. The number of pyridine rings is 1. The smallest absolute Gasteiger partial charge is 0.269 e. The number of amides is 2. The maximum atomic E-state index is 11.6. The molecule has 0 aromatic carbocycles. The Kier molecular flexibility index (Phi) is 3.96. The van der Waals surface area contributed by atoms with E-state index < -0.39 is 6.04 Å². The molecule has 0 aliphatic carbocycles. The number of nitrogens with two attached hydrogens (primary N) is 1. The second-order valence-electron chi connectivity index (χ2n) is 4.29. The van der Waals surface area contributed by atoms with Crippen LogP contribution in [0.3, 0.4) is 0 Å². The highest BCUT2D eigenvalue weighted by Gasteiger charge is 2.27. The Morgan fingerprint density at radius 1 is 1.58 bits per heavy atom. The third kappa shape index (κ3) is 2.82. The van der Waals surface area contributed by atoms with Gasteiger partial charge in [-0.15, -0.1) is 0 Å². The highest BCUT2D eigenvalue weighted by molar-refractivity contribution is 5.93. The van der Waals surface area contributed by atoms with Crippen molar-refractivity contribution in [3.63, 3.8) is 0 Å². The fraction of sp³-hybridized carbons (Fsp3) is 0.417. The maximum Gasteiger partial charge on any atom is 0.269 e. The van der Waals surface area contributed by atoms with Crippen molar-refractivity contribution in [2.24, 2.45) is 5.73 Å². The number of rotatable bonds is 3. The molecule has 7 heteroatoms. The molecule has 1 unspecified atom stereocenters. The van der Waals surface area contributed by atoms with Crippen LogP contribution in [-0.2, 0) is 4.79 Å². The molecule has 7 nitrogen and oxygen atoms in total. The lowest BCUT2D eigenvalue weighted by Gasteiger charge is -2.36. The molecule has 1 atom stereocenters. The monoisotopic (exact) mass is 263 g/mol. The molecule has 1 aromatic rings. The number of carbonyl (C=O) groups excluding carboxylic acids is 2. The van der Waals surface area contributed by atoms with Gasteiger partial charge >= 0.3 is 0 Å². The van der Waals surface area contributed by atoms with Crippen LogP contribution < -0.4 is 21.3 Å². The van der Waals surface area contributed by atoms with Crippen molar-refractivity contribution in [3.05, 3.63) is 24.0 Å². The summed E-state index contributed by atoms with van der Waals surface area (Å²) >= 11 is 0. The van der Waals surface area contributed by atoms with Gasteiger partial charge in [-0.3, -0.25) is 14.6 Å². The zero-order valence-corrected chi connectivity index (χ0v) is 10.7. The lowest BCUT2D eigenvalue weighted by Crippen LogP contribution is -2.57. The molecule has 0 bridgehead atoms. The number of anilines is 1. The van der Waals surface area contributed by atoms with E-state index in [1.165, 1.54) is 0 Å². The van der Waals surface area contributed by atoms with Crippen LogP contribution in [0.25, 0.3) is 0 Å². The van der Waals surface area contributed by atoms with Crippen molar-refractivity contribution in [3.8, 4) is 0 Å². The number of piperazine rings is 1. The van der Waals surface area contributed by atoms with Crippen LogP contribution in [0.2, 0.25) is 0 Å². The summed E-state index contributed by atoms with van der Waals surface area (Å²) in [4.78, 5) is 28.9. The number of aromatic nitrogens is 1. The zero-order valence-electron chi connectivity index (χ0n) is 10.7. The highest BCUT2D eigenvalue weighted by atomic mass is 16.2. The Morgan fingerprint density at radius 2 is 2.37 bits per heavy atom. The van der Waals surface area contributed by atoms with Gasteiger partial charge in [0.05, 0.1) is 0 Å². The summed E-state index contributed by atoms with van der Waals surface area (Å²) in [5, 5.41) is 5.65. The molecule has 0 saturated carbocycles. The molecule has 1 aromatic heterocycles. The van der Waals surface area contributed by atoms with E-state index in [0.29, 0.717) is 18.8 Å². The average Bonchev–Trinajstić information content (AvgIpc) is 2.46. The summed E-state index contributed by atoms with van der Waals surface area (Å²) in [5.41, 5.74) is 6.50. The first-order valence-corrected chi connectivity index (χ1v) is 6.08. The van der Waals surface area contributed by atoms with Gasteiger partial charge in [0, 0.05) is 38.6 Å². The molecular weight excluding hydrogens is 246 g/mol. The molecule has 2 amide bonds. The third-order valence-electron chi connectivity index (χ3n) is 3.11. The van der Waals surface area contributed by atoms with Crippen LogP contribution in [0.4, 0.5) is 5.69 Å². The van der Waals surface area contributed by atoms with Gasteiger partial charge in [0.25, 0.3) is 5.91 Å². The van der Waals surface area contributed by atoms with Crippen molar-refractivity contribution >= 4 is 17.5 Å². The molecule has 0 spiro atoms. The summed E-state index contributed by atoms with van der Waals surface area (Å²) in [7, 11) is 1.55. The topological polar surface area (TPSA) is 100 Å². The first-order valence-electron chi connectivity index (χ1n) is 6.08. The molecule has 19 heavy (non-hydrogen) atoms. The van der Waals surface area contributed by atoms with Crippen LogP contribution in [0.1, 0.15) is 10.5 Å². The molecule has 2 rings (SSSR count). The first-order chi connectivity index (χ1) is 9.13. The maximum absolute atomic E-state index is 11.6. The van der Waals surface area contributed by atoms with E-state index in [0.717, 1.165) is 12.2 Å². The Balaban J connectivity index is 2.29. The second kappa shape index (κ2) is 5.66. The highest BCUT2D eigenvalue weighted by Crippen LogP contribution is 2.18. The van der Waals surface area contributed by atoms with Crippen LogP contribution >= 0.6 is 0 Å². The normalized spacial score (nSPS) is 19.0. The van der Waals surface area contributed by atoms with E-state index in [2.05, 4.69) is 15.6 Å². The average molecular weight is 263 g/mol. The summed E-state index contributed by atoms with van der Waals surface area (Å²) in [5.74, 6) is -0.641. The minimum atomic E-state index is -0.409. The number of nitrogens with one attached hydrogen (secondary N) is 2. The van der Waals surface area contributed by atoms with Gasteiger partial charge in [-0.05, 0) is 12.1 Å². The van der Waals surface area contributed by atoms with Gasteiger partial charge in [-0.1, -0.05) is 0 Å². The summed E-state index contributed by atoms with van der Waals surface area (Å²) < 4.78 is 0. The van der Waals surface area contributed by atoms with Crippen molar-refractivity contribution in [2.75, 3.05) is 31.6 Å². The molecule has 4 N–H and O–H groups in total. The summed E-state index contributed by atoms with van der Waals surface area (Å²) in [6.45, 7) is 1.93. The largest absolute Gasteiger partial charge is 0.368 e. The Bertz CT molecular complexity index is 491. The number of hydrogen-bond acceptors (Lipinski definition) is 5. The summed E-state index contributed by atoms with van der Waals surface area (Å²) in [6.07, 6.45) is 1.56. The van der Waals surface area contributed by atoms with Crippen molar-refractivity contribution in [1.82, 2.24) is 15.6 Å². The summed E-state index contributed by atoms with van der Waals surface area (Å²) in [6, 6.07) is 3.03. The SMILES string of the molecule is CNC(=O)c1cc(N2CCNCC2C(N)=O)ccn1. The van der Waals surface area contributed by atoms with E-state index in [9.17, 15) is 9.59 Å². The van der Waals surface area contributed by atoms with Gasteiger partial charge < -0.3 is 21.3 Å². The number of primary amides is 1. The predicted octanol–water partition coefficient (Wildman–Crippen LogP) is -1.30. The van der Waals surface area contributed by atoms with E-state index in [1.807, 2.05) is 4.90 Å². The molecule has 1 saturated heterocycles. The van der Waals surface area contributed by atoms with E-state index in [-0.39, 0.29) is 11.8 Å². The van der Waals surface area contributed by atoms with Gasteiger partial charge in [0.2, 0.25) is 5.91 Å². The molecule has 0 radical (unpaired) electrons. The van der Waals surface area contributed by atoms with Gasteiger partial charge in [-0.2, -0.15) is 0 Å². The Morgan fingerprint density at radius 3 is 3.05 bits per heavy atom. The van der Waals surface area contributed by atoms with Crippen LogP contribution in [-0.4, -0.2) is 49.5 Å². The van der Waals surface area contributed by atoms with Gasteiger partial charge in [0.1, 0.15) is 11.7 Å². The van der Waals surface area contributed by atoms with E-state index in [4.69, 9.17) is 5.73 Å². The fourth-order valence-corrected chi connectivity index (χ4v) is 2.12. The van der Waals surface area contributed by atoms with Gasteiger partial charge in [0.15, 0.2) is 0 Å². The fourth-order valence-electron chi connectivity index (χ4n) is 2.12. The third-order valence-corrected chi connectivity index (χ3v) is 3.11. The van der Waals surface area contributed by atoms with Crippen LogP contribution in [0.5, 0.6) is 0 Å². The standard InChI is InChI=1S/C12H17N5O2/c1-14-12(19)9-6-8(2-3-16-9)17-5-4-15-7-10(17)11(13)18/h2-3,6,10,15H,4-5,7H2,1H3,(H2,13,18)(H,14,19). The lowest BCUT2D eigenvalue weighted by atomic mass is 10.1. The molecular formula is C12H17N5O2. The minimum absolute atomic E-state index is 0.257. The predicted molar refractivity (Wildman–Crippen MR) is 70.8 cm³/mol. The Hall–Kier alpha value is -2.15. The van der Waals surface area contributed by atoms with Crippen molar-refractivity contribution in [1.29, 1.82) is 0 Å². The van der Waals surface area contributed by atoms with Gasteiger partial charge in [-0.25, -0.2) is 0 Å². The molecule has 1 fully saturated rings. The quantitative estimate of drug-likeness (QED) is 0.629. The van der Waals surface area contributed by atoms with E-state index >= 15 is 0 Å². The lowest BCUT2D eigenvalue weighted by molar-refractivity contribution is -0.119. The van der Waals surface area contributed by atoms with Crippen LogP contribution in [0.15, 0.2) is 18.3 Å². The number of carbonyl (C=O) groups is 2. The van der Waals surface area contributed by atoms with Crippen LogP contribution in [0, 0.1) is 0 Å². The van der Waals surface area contributed by atoms with Crippen molar-refractivity contribution < 1.29 is 9.59 Å². The minimum Gasteiger partial charge on any atom is -0.368 e. The molecule has 1 aliphatic rings. The van der Waals surface area contributed by atoms with Crippen molar-refractivity contribution in [2.45, 2.75) is 6.04 Å². The first kappa shape index (κ1) is 13.3. The van der Waals surface area contributed by atoms with E-state index in [1.54, 1.807) is 25.4 Å². The number of hydrogen-bond donors (Lipinski definition) is 3. The Labute approximate surface area is 111 Å². The second-order valence-corrected chi connectivity index (χ2v) is 4.29. The molecule has 1 aliphatic heterocycles. The number of nitrogens with zero attached hydrogens (tertiary/aromatic N) is 2. The zero-order chi connectivity index (χ0) is 13.8.